The van der Waals surface area contributed by atoms with Crippen molar-refractivity contribution >= 4 is 0 Å². The predicted molar refractivity (Wildman–Crippen MR) is 131 cm³/mol. The lowest BCUT2D eigenvalue weighted by molar-refractivity contribution is -0.132. The Morgan fingerprint density at radius 2 is 0.759 bits per heavy atom. The van der Waals surface area contributed by atoms with Crippen molar-refractivity contribution in [1.29, 1.82) is 0 Å². The highest BCUT2D eigenvalue weighted by molar-refractivity contribution is 4.67. The van der Waals surface area contributed by atoms with Crippen LogP contribution >= 0.6 is 0 Å². The van der Waals surface area contributed by atoms with Crippen molar-refractivity contribution in [2.24, 2.45) is 0 Å². The van der Waals surface area contributed by atoms with Crippen LogP contribution in [0, 0.1) is 0 Å². The largest absolute Gasteiger partial charge is 0.314 e. The number of nitrogens with zero attached hydrogens (tertiary/aromatic N) is 1. The molecule has 0 saturated carbocycles. The first-order chi connectivity index (χ1) is 14.3. The van der Waals surface area contributed by atoms with Crippen LogP contribution in [0.15, 0.2) is 0 Å². The van der Waals surface area contributed by atoms with Gasteiger partial charge in [-0.2, -0.15) is 5.06 Å². The minimum Gasteiger partial charge on any atom is -0.314 e. The van der Waals surface area contributed by atoms with E-state index in [4.69, 9.17) is 0 Å². The second kappa shape index (κ2) is 24.2. The van der Waals surface area contributed by atoms with Crippen molar-refractivity contribution in [2.45, 2.75) is 168 Å². The van der Waals surface area contributed by atoms with Crippen molar-refractivity contribution in [1.82, 2.24) is 5.06 Å². The Hall–Kier alpha value is -0.0800. The minimum absolute atomic E-state index is 0.400. The maximum absolute atomic E-state index is 10.7. The lowest BCUT2D eigenvalue weighted by atomic mass is 9.99. The van der Waals surface area contributed by atoms with Gasteiger partial charge < -0.3 is 5.21 Å². The van der Waals surface area contributed by atoms with Gasteiger partial charge in [0.15, 0.2) is 0 Å². The Labute approximate surface area is 185 Å². The summed E-state index contributed by atoms with van der Waals surface area (Å²) in [5, 5.41) is 12.4. The summed E-state index contributed by atoms with van der Waals surface area (Å²) in [7, 11) is 0. The minimum atomic E-state index is 0.400. The molecular formula is C27H57NO. The third kappa shape index (κ3) is 21.0. The van der Waals surface area contributed by atoms with Gasteiger partial charge in [-0.1, -0.05) is 143 Å². The summed E-state index contributed by atoms with van der Waals surface area (Å²) in [5.41, 5.74) is 0. The summed E-state index contributed by atoms with van der Waals surface area (Å²) in [4.78, 5) is 0. The Bertz CT molecular complexity index is 278. The van der Waals surface area contributed by atoms with Gasteiger partial charge in [0, 0.05) is 12.6 Å². The van der Waals surface area contributed by atoms with Gasteiger partial charge in [-0.05, 0) is 19.3 Å². The van der Waals surface area contributed by atoms with Crippen molar-refractivity contribution < 1.29 is 5.21 Å². The van der Waals surface area contributed by atoms with E-state index in [-0.39, 0.29) is 0 Å². The van der Waals surface area contributed by atoms with Crippen LogP contribution in [0.2, 0.25) is 0 Å². The molecule has 0 aliphatic carbocycles. The van der Waals surface area contributed by atoms with E-state index in [0.717, 1.165) is 13.0 Å². The van der Waals surface area contributed by atoms with Gasteiger partial charge in [0.1, 0.15) is 0 Å². The van der Waals surface area contributed by atoms with Gasteiger partial charge >= 0.3 is 0 Å². The van der Waals surface area contributed by atoms with E-state index >= 15 is 0 Å². The zero-order chi connectivity index (χ0) is 21.4. The maximum atomic E-state index is 10.7. The highest BCUT2D eigenvalue weighted by Gasteiger charge is 2.15. The lowest BCUT2D eigenvalue weighted by Crippen LogP contribution is -2.33. The maximum Gasteiger partial charge on any atom is 0.0350 e. The first-order valence-electron chi connectivity index (χ1n) is 13.7. The highest BCUT2D eigenvalue weighted by atomic mass is 16.5. The van der Waals surface area contributed by atoms with Gasteiger partial charge in [0.2, 0.25) is 0 Å². The molecule has 0 spiro atoms. The fourth-order valence-corrected chi connectivity index (χ4v) is 4.35. The number of rotatable bonds is 24. The highest BCUT2D eigenvalue weighted by Crippen LogP contribution is 2.19. The van der Waals surface area contributed by atoms with Gasteiger partial charge in [-0.3, -0.25) is 0 Å². The molecule has 29 heavy (non-hydrogen) atoms. The first kappa shape index (κ1) is 28.9. The van der Waals surface area contributed by atoms with Crippen LogP contribution in [0.5, 0.6) is 0 Å². The van der Waals surface area contributed by atoms with Crippen LogP contribution < -0.4 is 0 Å². The molecular weight excluding hydrogens is 354 g/mol. The van der Waals surface area contributed by atoms with Crippen molar-refractivity contribution in [3.05, 3.63) is 0 Å². The van der Waals surface area contributed by atoms with E-state index in [2.05, 4.69) is 20.8 Å². The average molecular weight is 412 g/mol. The van der Waals surface area contributed by atoms with Gasteiger partial charge in [-0.25, -0.2) is 0 Å². The van der Waals surface area contributed by atoms with Gasteiger partial charge in [0.25, 0.3) is 0 Å². The number of hydroxylamine groups is 2. The lowest BCUT2D eigenvalue weighted by Gasteiger charge is -2.26. The Morgan fingerprint density at radius 3 is 1.14 bits per heavy atom. The summed E-state index contributed by atoms with van der Waals surface area (Å²) < 4.78 is 0. The smallest absolute Gasteiger partial charge is 0.0350 e. The van der Waals surface area contributed by atoms with Crippen LogP contribution in [0.4, 0.5) is 0 Å². The molecule has 0 amide bonds. The number of unbranched alkanes of at least 4 members (excludes halogenated alkanes) is 17. The second-order valence-corrected chi connectivity index (χ2v) is 9.40. The van der Waals surface area contributed by atoms with E-state index in [9.17, 15) is 5.21 Å². The number of hydrogen-bond donors (Lipinski definition) is 1. The molecule has 0 aromatic carbocycles. The van der Waals surface area contributed by atoms with Crippen molar-refractivity contribution in [3.8, 4) is 0 Å². The summed E-state index contributed by atoms with van der Waals surface area (Å²) in [6, 6.07) is 0.400. The molecule has 0 aliphatic rings. The molecule has 0 aliphatic heterocycles. The summed E-state index contributed by atoms with van der Waals surface area (Å²) in [5.74, 6) is 0. The van der Waals surface area contributed by atoms with Crippen LogP contribution in [0.1, 0.15) is 162 Å². The summed E-state index contributed by atoms with van der Waals surface area (Å²) in [6.45, 7) is 7.73. The monoisotopic (exact) mass is 411 g/mol. The molecule has 0 radical (unpaired) electrons. The molecule has 2 nitrogen and oxygen atoms in total. The molecule has 0 unspecified atom stereocenters. The van der Waals surface area contributed by atoms with Crippen LogP contribution in [-0.4, -0.2) is 22.9 Å². The van der Waals surface area contributed by atoms with E-state index < -0.39 is 0 Å². The molecule has 0 atom stereocenters. The van der Waals surface area contributed by atoms with E-state index in [1.165, 1.54) is 135 Å². The van der Waals surface area contributed by atoms with Crippen LogP contribution in [0.3, 0.4) is 0 Å². The molecule has 1 N–H and O–H groups in total. The molecule has 0 rings (SSSR count). The van der Waals surface area contributed by atoms with Gasteiger partial charge in [0.05, 0.1) is 0 Å². The van der Waals surface area contributed by atoms with Gasteiger partial charge in [-0.15, -0.1) is 0 Å². The summed E-state index contributed by atoms with van der Waals surface area (Å²) in [6.07, 6.45) is 29.3. The molecule has 0 aromatic rings. The van der Waals surface area contributed by atoms with Crippen LogP contribution in [0.25, 0.3) is 0 Å². The van der Waals surface area contributed by atoms with E-state index in [1.807, 2.05) is 0 Å². The summed E-state index contributed by atoms with van der Waals surface area (Å²) >= 11 is 0. The normalized spacial score (nSPS) is 11.8. The fourth-order valence-electron chi connectivity index (χ4n) is 4.35. The number of hydrogen-bond acceptors (Lipinski definition) is 2. The third-order valence-electron chi connectivity index (χ3n) is 6.44. The molecule has 0 bridgehead atoms. The predicted octanol–water partition coefficient (Wildman–Crippen LogP) is 9.69. The third-order valence-corrected chi connectivity index (χ3v) is 6.44. The standard InChI is InChI=1S/C27H57NO/c1-4-7-10-13-16-17-20-23-26-28(29)27(24-21-18-14-11-8-5-2)25-22-19-15-12-9-6-3/h27,29H,4-26H2,1-3H3. The first-order valence-corrected chi connectivity index (χ1v) is 13.7. The molecule has 2 heteroatoms. The van der Waals surface area contributed by atoms with E-state index in [1.54, 1.807) is 5.06 Å². The Balaban J connectivity index is 3.98. The fraction of sp³-hybridized carbons (Fsp3) is 1.00. The van der Waals surface area contributed by atoms with Crippen molar-refractivity contribution in [3.63, 3.8) is 0 Å². The zero-order valence-corrected chi connectivity index (χ0v) is 20.7. The topological polar surface area (TPSA) is 23.5 Å². The molecule has 0 saturated heterocycles. The second-order valence-electron chi connectivity index (χ2n) is 9.40. The Morgan fingerprint density at radius 1 is 0.448 bits per heavy atom. The molecule has 0 aromatic heterocycles. The Kier molecular flexibility index (Phi) is 24.1. The van der Waals surface area contributed by atoms with Crippen LogP contribution in [-0.2, 0) is 0 Å². The SMILES string of the molecule is CCCCCCCCCCN(O)C(CCCCCCCC)CCCCCCCC. The van der Waals surface area contributed by atoms with Crippen molar-refractivity contribution in [2.75, 3.05) is 6.54 Å². The zero-order valence-electron chi connectivity index (χ0n) is 20.7. The van der Waals surface area contributed by atoms with E-state index in [0.29, 0.717) is 6.04 Å². The quantitative estimate of drug-likeness (QED) is 0.126. The molecule has 176 valence electrons. The average Bonchev–Trinajstić information content (AvgIpc) is 2.73. The molecule has 0 fully saturated rings. The molecule has 0 heterocycles.